The highest BCUT2D eigenvalue weighted by Crippen LogP contribution is 2.29. The molecule has 1 atom stereocenters. The van der Waals surface area contributed by atoms with Crippen molar-refractivity contribution < 1.29 is 14.2 Å². The second kappa shape index (κ2) is 5.18. The van der Waals surface area contributed by atoms with Gasteiger partial charge in [-0.25, -0.2) is 4.39 Å². The molecule has 5 heteroatoms. The van der Waals surface area contributed by atoms with Crippen molar-refractivity contribution in [3.05, 3.63) is 47.5 Å². The number of rotatable bonds is 4. The molecule has 1 unspecified atom stereocenters. The molecule has 0 saturated carbocycles. The van der Waals surface area contributed by atoms with E-state index in [0.29, 0.717) is 23.6 Å². The third-order valence-electron chi connectivity index (χ3n) is 2.81. The van der Waals surface area contributed by atoms with Crippen LogP contribution in [0, 0.1) is 5.82 Å². The number of nitrogens with zero attached hydrogens (tertiary/aromatic N) is 2. The maximum atomic E-state index is 12.9. The lowest BCUT2D eigenvalue weighted by Crippen LogP contribution is -2.10. The van der Waals surface area contributed by atoms with E-state index < -0.39 is 6.10 Å². The topological polar surface area (TPSA) is 47.3 Å². The smallest absolute Gasteiger partial charge is 0.163 e. The molecule has 0 aliphatic rings. The maximum absolute atomic E-state index is 12.9. The van der Waals surface area contributed by atoms with E-state index in [0.717, 1.165) is 0 Å². The third kappa shape index (κ3) is 2.22. The summed E-state index contributed by atoms with van der Waals surface area (Å²) in [4.78, 5) is 0. The fourth-order valence-corrected chi connectivity index (χ4v) is 1.87. The standard InChI is InChI=1S/C13H15FN2O2/c1-3-16-12(11(18-2)8-15-16)13(17)9-4-6-10(14)7-5-9/h4-8,13,17H,3H2,1-2H3. The molecule has 2 aromatic rings. The van der Waals surface area contributed by atoms with Crippen LogP contribution in [-0.4, -0.2) is 22.0 Å². The summed E-state index contributed by atoms with van der Waals surface area (Å²) in [7, 11) is 1.53. The molecule has 4 nitrogen and oxygen atoms in total. The Balaban J connectivity index is 2.41. The van der Waals surface area contributed by atoms with Gasteiger partial charge in [0.15, 0.2) is 5.75 Å². The number of ether oxygens (including phenoxy) is 1. The Morgan fingerprint density at radius 2 is 2.06 bits per heavy atom. The molecule has 1 aromatic heterocycles. The first-order chi connectivity index (χ1) is 8.67. The number of benzene rings is 1. The summed E-state index contributed by atoms with van der Waals surface area (Å²) in [5.74, 6) is 0.190. The van der Waals surface area contributed by atoms with Crippen LogP contribution in [0.1, 0.15) is 24.3 Å². The Hall–Kier alpha value is -1.88. The predicted octanol–water partition coefficient (Wildman–Crippen LogP) is 2.13. The van der Waals surface area contributed by atoms with Crippen LogP contribution in [0.3, 0.4) is 0 Å². The SMILES string of the molecule is CCn1ncc(OC)c1C(O)c1ccc(F)cc1. The molecule has 0 aliphatic carbocycles. The summed E-state index contributed by atoms with van der Waals surface area (Å²) < 4.78 is 19.7. The minimum atomic E-state index is -0.886. The van der Waals surface area contributed by atoms with Crippen LogP contribution in [-0.2, 0) is 6.54 Å². The lowest BCUT2D eigenvalue weighted by atomic mass is 10.1. The minimum absolute atomic E-state index is 0.332. The largest absolute Gasteiger partial charge is 0.493 e. The molecule has 0 aliphatic heterocycles. The number of hydrogen-bond donors (Lipinski definition) is 1. The molecule has 1 N–H and O–H groups in total. The van der Waals surface area contributed by atoms with Gasteiger partial charge in [0.1, 0.15) is 17.6 Å². The number of halogens is 1. The van der Waals surface area contributed by atoms with Crippen molar-refractivity contribution in [2.75, 3.05) is 7.11 Å². The minimum Gasteiger partial charge on any atom is -0.493 e. The van der Waals surface area contributed by atoms with Crippen LogP contribution >= 0.6 is 0 Å². The number of aryl methyl sites for hydroxylation is 1. The van der Waals surface area contributed by atoms with Crippen molar-refractivity contribution in [3.63, 3.8) is 0 Å². The fraction of sp³-hybridized carbons (Fsp3) is 0.308. The number of aliphatic hydroxyl groups excluding tert-OH is 1. The summed E-state index contributed by atoms with van der Waals surface area (Å²) in [5, 5.41) is 14.5. The molecule has 0 radical (unpaired) electrons. The van der Waals surface area contributed by atoms with Crippen molar-refractivity contribution in [1.82, 2.24) is 9.78 Å². The molecule has 96 valence electrons. The molecule has 0 fully saturated rings. The van der Waals surface area contributed by atoms with Gasteiger partial charge in [-0.05, 0) is 24.6 Å². The van der Waals surface area contributed by atoms with Crippen LogP contribution in [0.4, 0.5) is 4.39 Å². The van der Waals surface area contributed by atoms with E-state index in [1.807, 2.05) is 6.92 Å². The summed E-state index contributed by atoms with van der Waals surface area (Å²) in [6.45, 7) is 2.55. The number of methoxy groups -OCH3 is 1. The second-order valence-corrected chi connectivity index (χ2v) is 3.87. The number of hydrogen-bond acceptors (Lipinski definition) is 3. The monoisotopic (exact) mass is 250 g/mol. The zero-order valence-electron chi connectivity index (χ0n) is 10.3. The van der Waals surface area contributed by atoms with E-state index in [2.05, 4.69) is 5.10 Å². The first-order valence-corrected chi connectivity index (χ1v) is 5.70. The summed E-state index contributed by atoms with van der Waals surface area (Å²) in [6.07, 6.45) is 0.675. The second-order valence-electron chi connectivity index (χ2n) is 3.87. The normalized spacial score (nSPS) is 12.4. The Morgan fingerprint density at radius 1 is 1.39 bits per heavy atom. The maximum Gasteiger partial charge on any atom is 0.163 e. The predicted molar refractivity (Wildman–Crippen MR) is 64.9 cm³/mol. The Kier molecular flexibility index (Phi) is 3.62. The first kappa shape index (κ1) is 12.6. The molecular weight excluding hydrogens is 235 g/mol. The summed E-state index contributed by atoms with van der Waals surface area (Å²) in [5.41, 5.74) is 1.18. The van der Waals surface area contributed by atoms with Gasteiger partial charge in [-0.1, -0.05) is 12.1 Å². The Labute approximate surface area is 105 Å². The average Bonchev–Trinajstić information content (AvgIpc) is 2.81. The van der Waals surface area contributed by atoms with Crippen LogP contribution in [0.25, 0.3) is 0 Å². The van der Waals surface area contributed by atoms with Crippen LogP contribution < -0.4 is 4.74 Å². The van der Waals surface area contributed by atoms with E-state index in [-0.39, 0.29) is 5.82 Å². The van der Waals surface area contributed by atoms with E-state index in [4.69, 9.17) is 4.74 Å². The van der Waals surface area contributed by atoms with Gasteiger partial charge in [0, 0.05) is 6.54 Å². The van der Waals surface area contributed by atoms with Crippen molar-refractivity contribution in [1.29, 1.82) is 0 Å². The molecule has 2 rings (SSSR count). The summed E-state index contributed by atoms with van der Waals surface area (Å²) >= 11 is 0. The van der Waals surface area contributed by atoms with Gasteiger partial charge in [-0.3, -0.25) is 4.68 Å². The van der Waals surface area contributed by atoms with Gasteiger partial charge in [-0.15, -0.1) is 0 Å². The lowest BCUT2D eigenvalue weighted by Gasteiger charge is -2.14. The van der Waals surface area contributed by atoms with Gasteiger partial charge < -0.3 is 9.84 Å². The number of aromatic nitrogens is 2. The van der Waals surface area contributed by atoms with E-state index in [1.54, 1.807) is 23.0 Å². The average molecular weight is 250 g/mol. The zero-order chi connectivity index (χ0) is 13.1. The van der Waals surface area contributed by atoms with E-state index in [1.165, 1.54) is 19.2 Å². The molecule has 0 amide bonds. The third-order valence-corrected chi connectivity index (χ3v) is 2.81. The lowest BCUT2D eigenvalue weighted by molar-refractivity contribution is 0.202. The van der Waals surface area contributed by atoms with Crippen LogP contribution in [0.5, 0.6) is 5.75 Å². The Bertz CT molecular complexity index is 501. The van der Waals surface area contributed by atoms with Gasteiger partial charge in [-0.2, -0.15) is 5.10 Å². The van der Waals surface area contributed by atoms with E-state index in [9.17, 15) is 9.50 Å². The molecule has 0 saturated heterocycles. The van der Waals surface area contributed by atoms with Crippen molar-refractivity contribution in [2.24, 2.45) is 0 Å². The first-order valence-electron chi connectivity index (χ1n) is 5.70. The highest BCUT2D eigenvalue weighted by molar-refractivity contribution is 5.34. The molecule has 1 heterocycles. The van der Waals surface area contributed by atoms with E-state index >= 15 is 0 Å². The fourth-order valence-electron chi connectivity index (χ4n) is 1.87. The van der Waals surface area contributed by atoms with Gasteiger partial charge in [0.25, 0.3) is 0 Å². The van der Waals surface area contributed by atoms with Gasteiger partial charge in [0.2, 0.25) is 0 Å². The van der Waals surface area contributed by atoms with Gasteiger partial charge in [0.05, 0.1) is 13.3 Å². The zero-order valence-corrected chi connectivity index (χ0v) is 10.3. The molecule has 1 aromatic carbocycles. The highest BCUT2D eigenvalue weighted by Gasteiger charge is 2.20. The van der Waals surface area contributed by atoms with Crippen molar-refractivity contribution >= 4 is 0 Å². The molecular formula is C13H15FN2O2. The van der Waals surface area contributed by atoms with Crippen molar-refractivity contribution in [3.8, 4) is 5.75 Å². The molecule has 0 spiro atoms. The summed E-state index contributed by atoms with van der Waals surface area (Å²) in [6, 6.07) is 5.73. The van der Waals surface area contributed by atoms with Crippen LogP contribution in [0.15, 0.2) is 30.5 Å². The quantitative estimate of drug-likeness (QED) is 0.904. The molecule has 18 heavy (non-hydrogen) atoms. The van der Waals surface area contributed by atoms with Crippen molar-refractivity contribution in [2.45, 2.75) is 19.6 Å². The molecule has 0 bridgehead atoms. The Morgan fingerprint density at radius 3 is 2.61 bits per heavy atom. The number of aliphatic hydroxyl groups is 1. The van der Waals surface area contributed by atoms with Crippen LogP contribution in [0.2, 0.25) is 0 Å². The van der Waals surface area contributed by atoms with Gasteiger partial charge >= 0.3 is 0 Å². The highest BCUT2D eigenvalue weighted by atomic mass is 19.1.